The third-order valence-electron chi connectivity index (χ3n) is 10.1. The number of hydrogen-bond acceptors (Lipinski definition) is 0. The number of benzene rings is 4. The molecule has 0 saturated carbocycles. The Kier molecular flexibility index (Phi) is 4.17. The normalized spacial score (nSPS) is 19.7. The van der Waals surface area contributed by atoms with E-state index in [2.05, 4.69) is 133 Å². The fourth-order valence-electron chi connectivity index (χ4n) is 7.79. The molecular formula is C36H37N. The molecule has 0 atom stereocenters. The molecule has 5 aromatic rings. The molecule has 0 radical (unpaired) electrons. The van der Waals surface area contributed by atoms with Gasteiger partial charge < -0.3 is 4.98 Å². The molecule has 37 heavy (non-hydrogen) atoms. The minimum atomic E-state index is -0.0480. The van der Waals surface area contributed by atoms with E-state index in [-0.39, 0.29) is 21.7 Å². The lowest BCUT2D eigenvalue weighted by Gasteiger charge is -2.44. The summed E-state index contributed by atoms with van der Waals surface area (Å²) < 4.78 is 0. The standard InChI is InChI=1S/C36H37N/c1-33(2)23-13-9-11-15-25(23)35(5,6)29-19-31-21(17-27(29)33)22-18-28-30(20-32(22)37-31)36(7,8)26-16-12-10-14-24(26)34(28,3)4/h9-20,37H,1-8H3. The first-order valence-corrected chi connectivity index (χ1v) is 13.7. The van der Waals surface area contributed by atoms with E-state index in [1.807, 2.05) is 0 Å². The smallest absolute Gasteiger partial charge is 0.0468 e. The van der Waals surface area contributed by atoms with Crippen LogP contribution in [0.4, 0.5) is 0 Å². The minimum absolute atomic E-state index is 0.0439. The van der Waals surface area contributed by atoms with Crippen molar-refractivity contribution in [3.8, 4) is 0 Å². The second-order valence-electron chi connectivity index (χ2n) is 13.6. The summed E-state index contributed by atoms with van der Waals surface area (Å²) in [5.74, 6) is 0. The number of aromatic amines is 1. The molecule has 0 aliphatic heterocycles. The third-order valence-corrected chi connectivity index (χ3v) is 10.1. The fraction of sp³-hybridized carbons (Fsp3) is 0.333. The van der Waals surface area contributed by atoms with Crippen LogP contribution in [0, 0.1) is 0 Å². The lowest BCUT2D eigenvalue weighted by Crippen LogP contribution is -2.36. The van der Waals surface area contributed by atoms with Crippen LogP contribution >= 0.6 is 0 Å². The van der Waals surface area contributed by atoms with E-state index in [1.54, 1.807) is 0 Å². The summed E-state index contributed by atoms with van der Waals surface area (Å²) in [6.07, 6.45) is 0. The summed E-state index contributed by atoms with van der Waals surface area (Å²) in [7, 11) is 0. The van der Waals surface area contributed by atoms with Crippen molar-refractivity contribution in [2.24, 2.45) is 0 Å². The number of H-pyrrole nitrogens is 1. The molecule has 1 heteroatoms. The van der Waals surface area contributed by atoms with E-state index >= 15 is 0 Å². The quantitative estimate of drug-likeness (QED) is 0.226. The van der Waals surface area contributed by atoms with E-state index in [4.69, 9.17) is 0 Å². The van der Waals surface area contributed by atoms with Crippen molar-refractivity contribution >= 4 is 21.8 Å². The molecule has 4 aromatic carbocycles. The average Bonchev–Trinajstić information content (AvgIpc) is 3.23. The Balaban J connectivity index is 1.55. The zero-order valence-electron chi connectivity index (χ0n) is 23.4. The van der Waals surface area contributed by atoms with Crippen LogP contribution in [0.5, 0.6) is 0 Å². The van der Waals surface area contributed by atoms with Crippen molar-refractivity contribution < 1.29 is 0 Å². The van der Waals surface area contributed by atoms with Gasteiger partial charge in [0.05, 0.1) is 0 Å². The molecule has 0 saturated heterocycles. The van der Waals surface area contributed by atoms with Crippen molar-refractivity contribution in [2.45, 2.75) is 77.0 Å². The van der Waals surface area contributed by atoms with E-state index < -0.39 is 0 Å². The molecule has 2 aliphatic carbocycles. The molecule has 186 valence electrons. The summed E-state index contributed by atoms with van der Waals surface area (Å²) in [5, 5.41) is 2.68. The Labute approximate surface area is 220 Å². The van der Waals surface area contributed by atoms with E-state index in [0.717, 1.165) is 0 Å². The number of hydrogen-bond donors (Lipinski definition) is 1. The van der Waals surface area contributed by atoms with Gasteiger partial charge in [-0.3, -0.25) is 0 Å². The first kappa shape index (κ1) is 22.8. The molecule has 2 aliphatic rings. The second-order valence-corrected chi connectivity index (χ2v) is 13.6. The number of aromatic nitrogens is 1. The van der Waals surface area contributed by atoms with Gasteiger partial charge in [-0.05, 0) is 68.8 Å². The van der Waals surface area contributed by atoms with Crippen LogP contribution in [0.1, 0.15) is 99.9 Å². The zero-order chi connectivity index (χ0) is 26.1. The highest BCUT2D eigenvalue weighted by molar-refractivity contribution is 6.09. The third kappa shape index (κ3) is 2.70. The van der Waals surface area contributed by atoms with Crippen LogP contribution in [0.3, 0.4) is 0 Å². The molecule has 0 bridgehead atoms. The van der Waals surface area contributed by atoms with Gasteiger partial charge in [0, 0.05) is 43.5 Å². The monoisotopic (exact) mass is 483 g/mol. The molecule has 0 fully saturated rings. The molecule has 1 aromatic heterocycles. The Morgan fingerprint density at radius 2 is 0.649 bits per heavy atom. The van der Waals surface area contributed by atoms with Crippen molar-refractivity contribution in [3.05, 3.63) is 117 Å². The van der Waals surface area contributed by atoms with Crippen molar-refractivity contribution in [2.75, 3.05) is 0 Å². The molecule has 7 rings (SSSR count). The van der Waals surface area contributed by atoms with Gasteiger partial charge >= 0.3 is 0 Å². The zero-order valence-corrected chi connectivity index (χ0v) is 23.4. The van der Waals surface area contributed by atoms with Gasteiger partial charge in [0.25, 0.3) is 0 Å². The Morgan fingerprint density at radius 1 is 0.378 bits per heavy atom. The maximum Gasteiger partial charge on any atom is 0.0468 e. The highest BCUT2D eigenvalue weighted by Crippen LogP contribution is 2.53. The maximum absolute atomic E-state index is 3.86. The predicted molar refractivity (Wildman–Crippen MR) is 157 cm³/mol. The van der Waals surface area contributed by atoms with Crippen molar-refractivity contribution in [3.63, 3.8) is 0 Å². The van der Waals surface area contributed by atoms with Crippen LogP contribution in [0.2, 0.25) is 0 Å². The van der Waals surface area contributed by atoms with Gasteiger partial charge in [-0.15, -0.1) is 0 Å². The summed E-state index contributed by atoms with van der Waals surface area (Å²) in [6, 6.07) is 28.0. The molecule has 0 amide bonds. The van der Waals surface area contributed by atoms with Gasteiger partial charge in [-0.25, -0.2) is 0 Å². The Bertz CT molecular complexity index is 1640. The molecule has 0 spiro atoms. The Hall–Kier alpha value is -3.32. The molecule has 0 unspecified atom stereocenters. The summed E-state index contributed by atoms with van der Waals surface area (Å²) in [6.45, 7) is 19.1. The number of rotatable bonds is 0. The van der Waals surface area contributed by atoms with Gasteiger partial charge in [0.1, 0.15) is 0 Å². The lowest BCUT2D eigenvalue weighted by atomic mass is 9.59. The largest absolute Gasteiger partial charge is 0.354 e. The second kappa shape index (κ2) is 6.76. The molecule has 1 heterocycles. The molecule has 1 N–H and O–H groups in total. The minimum Gasteiger partial charge on any atom is -0.354 e. The number of fused-ring (bicyclic) bond motifs is 7. The predicted octanol–water partition coefficient (Wildman–Crippen LogP) is 9.25. The summed E-state index contributed by atoms with van der Waals surface area (Å²) in [4.78, 5) is 3.86. The first-order chi connectivity index (χ1) is 17.4. The van der Waals surface area contributed by atoms with E-state index in [1.165, 1.54) is 66.3 Å². The van der Waals surface area contributed by atoms with Crippen molar-refractivity contribution in [1.82, 2.24) is 4.98 Å². The van der Waals surface area contributed by atoms with E-state index in [0.29, 0.717) is 0 Å². The fourth-order valence-corrected chi connectivity index (χ4v) is 7.79. The average molecular weight is 484 g/mol. The van der Waals surface area contributed by atoms with Crippen LogP contribution in [-0.4, -0.2) is 4.98 Å². The Morgan fingerprint density at radius 3 is 0.946 bits per heavy atom. The number of nitrogens with one attached hydrogen (secondary N) is 1. The molecule has 1 nitrogen and oxygen atoms in total. The van der Waals surface area contributed by atoms with Gasteiger partial charge in [-0.1, -0.05) is 104 Å². The molecular weight excluding hydrogens is 446 g/mol. The van der Waals surface area contributed by atoms with E-state index in [9.17, 15) is 0 Å². The highest BCUT2D eigenvalue weighted by atomic mass is 14.7. The SMILES string of the molecule is CC1(C)c2ccccc2C(C)(C)c2cc3c(cc21)[nH]c1cc2c(cc13)C(C)(C)c1ccccc1C2(C)C. The lowest BCUT2D eigenvalue weighted by molar-refractivity contribution is 0.521. The maximum atomic E-state index is 3.86. The summed E-state index contributed by atoms with van der Waals surface area (Å²) in [5.41, 5.74) is 13.9. The van der Waals surface area contributed by atoms with Crippen LogP contribution in [0.15, 0.2) is 72.8 Å². The highest BCUT2D eigenvalue weighted by Gasteiger charge is 2.43. The first-order valence-electron chi connectivity index (χ1n) is 13.7. The van der Waals surface area contributed by atoms with Gasteiger partial charge in [0.2, 0.25) is 0 Å². The van der Waals surface area contributed by atoms with Gasteiger partial charge in [0.15, 0.2) is 0 Å². The van der Waals surface area contributed by atoms with Crippen LogP contribution < -0.4 is 0 Å². The van der Waals surface area contributed by atoms with Gasteiger partial charge in [-0.2, -0.15) is 0 Å². The van der Waals surface area contributed by atoms with Crippen LogP contribution in [0.25, 0.3) is 21.8 Å². The van der Waals surface area contributed by atoms with Crippen LogP contribution in [-0.2, 0) is 21.7 Å². The summed E-state index contributed by atoms with van der Waals surface area (Å²) >= 11 is 0. The van der Waals surface area contributed by atoms with Crippen molar-refractivity contribution in [1.29, 1.82) is 0 Å². The topological polar surface area (TPSA) is 15.8 Å².